The van der Waals surface area contributed by atoms with Crippen molar-refractivity contribution in [1.82, 2.24) is 15.5 Å². The van der Waals surface area contributed by atoms with Crippen LogP contribution in [-0.4, -0.2) is 76.9 Å². The van der Waals surface area contributed by atoms with Crippen LogP contribution in [0.3, 0.4) is 0 Å². The van der Waals surface area contributed by atoms with Gasteiger partial charge in [0, 0.05) is 63.0 Å². The third-order valence-corrected chi connectivity index (χ3v) is 5.61. The third kappa shape index (κ3) is 5.86. The molecular formula is C19H30BrN5O. The van der Waals surface area contributed by atoms with Crippen LogP contribution in [0.25, 0.3) is 0 Å². The van der Waals surface area contributed by atoms with Gasteiger partial charge in [-0.2, -0.15) is 0 Å². The first-order chi connectivity index (χ1) is 12.7. The van der Waals surface area contributed by atoms with Crippen LogP contribution in [0.4, 0.5) is 5.69 Å². The smallest absolute Gasteiger partial charge is 0.191 e. The molecule has 7 heteroatoms. The molecule has 0 bridgehead atoms. The summed E-state index contributed by atoms with van der Waals surface area (Å²) in [6, 6.07) is 8.60. The minimum Gasteiger partial charge on any atom is -0.379 e. The van der Waals surface area contributed by atoms with Gasteiger partial charge in [0.25, 0.3) is 0 Å². The molecule has 0 radical (unpaired) electrons. The molecule has 1 aromatic carbocycles. The van der Waals surface area contributed by atoms with Crippen LogP contribution in [0.15, 0.2) is 33.7 Å². The Morgan fingerprint density at radius 1 is 1.19 bits per heavy atom. The highest BCUT2D eigenvalue weighted by Crippen LogP contribution is 2.24. The number of hydrogen-bond acceptors (Lipinski definition) is 4. The van der Waals surface area contributed by atoms with E-state index >= 15 is 0 Å². The molecule has 1 atom stereocenters. The number of ether oxygens (including phenoxy) is 1. The first kappa shape index (κ1) is 19.5. The van der Waals surface area contributed by atoms with E-state index in [1.165, 1.54) is 12.1 Å². The Hall–Kier alpha value is -1.31. The summed E-state index contributed by atoms with van der Waals surface area (Å²) in [6.07, 6.45) is 1.22. The second kappa shape index (κ2) is 10.1. The summed E-state index contributed by atoms with van der Waals surface area (Å²) < 4.78 is 6.52. The molecular weight excluding hydrogens is 394 g/mol. The van der Waals surface area contributed by atoms with Crippen molar-refractivity contribution < 1.29 is 4.74 Å². The van der Waals surface area contributed by atoms with E-state index in [2.05, 4.69) is 65.6 Å². The zero-order valence-corrected chi connectivity index (χ0v) is 17.2. The Bertz CT molecular complexity index is 574. The molecule has 2 aliphatic rings. The number of benzene rings is 1. The average Bonchev–Trinajstić information content (AvgIpc) is 3.15. The predicted octanol–water partition coefficient (Wildman–Crippen LogP) is 1.77. The lowest BCUT2D eigenvalue weighted by molar-refractivity contribution is 0.0389. The van der Waals surface area contributed by atoms with E-state index in [4.69, 9.17) is 4.74 Å². The lowest BCUT2D eigenvalue weighted by Crippen LogP contribution is -2.45. The zero-order valence-electron chi connectivity index (χ0n) is 15.6. The van der Waals surface area contributed by atoms with E-state index < -0.39 is 0 Å². The number of nitrogens with one attached hydrogen (secondary N) is 2. The number of morpholine rings is 1. The lowest BCUT2D eigenvalue weighted by Gasteiger charge is -2.26. The Morgan fingerprint density at radius 3 is 2.69 bits per heavy atom. The van der Waals surface area contributed by atoms with Gasteiger partial charge in [-0.05, 0) is 36.6 Å². The molecule has 0 spiro atoms. The molecule has 2 saturated heterocycles. The normalized spacial score (nSPS) is 21.8. The van der Waals surface area contributed by atoms with Crippen LogP contribution in [0.1, 0.15) is 6.42 Å². The molecule has 0 aromatic heterocycles. The van der Waals surface area contributed by atoms with E-state index in [0.717, 1.165) is 69.5 Å². The van der Waals surface area contributed by atoms with Crippen LogP contribution in [0.5, 0.6) is 0 Å². The topological polar surface area (TPSA) is 52.1 Å². The van der Waals surface area contributed by atoms with Crippen LogP contribution >= 0.6 is 15.9 Å². The van der Waals surface area contributed by atoms with Gasteiger partial charge in [-0.25, -0.2) is 0 Å². The first-order valence-corrected chi connectivity index (χ1v) is 10.3. The molecule has 2 fully saturated rings. The van der Waals surface area contributed by atoms with E-state index in [9.17, 15) is 0 Å². The van der Waals surface area contributed by atoms with Crippen LogP contribution in [0, 0.1) is 5.92 Å². The van der Waals surface area contributed by atoms with E-state index in [1.54, 1.807) is 0 Å². The average molecular weight is 424 g/mol. The Labute approximate surface area is 165 Å². The van der Waals surface area contributed by atoms with Crippen molar-refractivity contribution >= 4 is 27.6 Å². The van der Waals surface area contributed by atoms with Crippen LogP contribution in [0.2, 0.25) is 0 Å². The largest absolute Gasteiger partial charge is 0.379 e. The molecule has 1 aromatic rings. The predicted molar refractivity (Wildman–Crippen MR) is 111 cm³/mol. The van der Waals surface area contributed by atoms with Crippen LogP contribution < -0.4 is 15.5 Å². The molecule has 2 aliphatic heterocycles. The standard InChI is InChI=1S/C19H30BrN5O/c1-21-19(22-7-9-24-10-12-26-13-11-24)23-14-16-6-8-25(15-16)18-4-2-17(20)3-5-18/h2-5,16H,6-15H2,1H3,(H2,21,22,23). The van der Waals surface area contributed by atoms with Gasteiger partial charge < -0.3 is 20.3 Å². The maximum absolute atomic E-state index is 5.39. The summed E-state index contributed by atoms with van der Waals surface area (Å²) in [4.78, 5) is 9.24. The number of aliphatic imine (C=N–C) groups is 1. The molecule has 2 N–H and O–H groups in total. The number of hydrogen-bond donors (Lipinski definition) is 2. The van der Waals surface area contributed by atoms with Crippen molar-refractivity contribution in [3.8, 4) is 0 Å². The van der Waals surface area contributed by atoms with Gasteiger partial charge in [0.2, 0.25) is 0 Å². The number of rotatable bonds is 6. The molecule has 0 aliphatic carbocycles. The monoisotopic (exact) mass is 423 g/mol. The fourth-order valence-electron chi connectivity index (χ4n) is 3.50. The zero-order chi connectivity index (χ0) is 18.2. The maximum Gasteiger partial charge on any atom is 0.191 e. The summed E-state index contributed by atoms with van der Waals surface area (Å²) >= 11 is 3.50. The first-order valence-electron chi connectivity index (χ1n) is 9.50. The minimum absolute atomic E-state index is 0.649. The molecule has 1 unspecified atom stereocenters. The highest BCUT2D eigenvalue weighted by Gasteiger charge is 2.22. The highest BCUT2D eigenvalue weighted by atomic mass is 79.9. The van der Waals surface area contributed by atoms with Gasteiger partial charge in [-0.3, -0.25) is 9.89 Å². The van der Waals surface area contributed by atoms with Crippen molar-refractivity contribution in [1.29, 1.82) is 0 Å². The van der Waals surface area contributed by atoms with E-state index in [1.807, 2.05) is 7.05 Å². The number of halogens is 1. The molecule has 3 rings (SSSR count). The van der Waals surface area contributed by atoms with Gasteiger partial charge in [-0.15, -0.1) is 0 Å². The summed E-state index contributed by atoms with van der Waals surface area (Å²) in [5, 5.41) is 6.92. The second-order valence-electron chi connectivity index (χ2n) is 6.91. The molecule has 6 nitrogen and oxygen atoms in total. The fraction of sp³-hybridized carbons (Fsp3) is 0.632. The molecule has 26 heavy (non-hydrogen) atoms. The highest BCUT2D eigenvalue weighted by molar-refractivity contribution is 9.10. The summed E-state index contributed by atoms with van der Waals surface area (Å²) in [5.74, 6) is 1.55. The summed E-state index contributed by atoms with van der Waals surface area (Å²) in [5.41, 5.74) is 1.31. The Balaban J connectivity index is 1.35. The van der Waals surface area contributed by atoms with E-state index in [0.29, 0.717) is 5.92 Å². The SMILES string of the molecule is CN=C(NCCN1CCOCC1)NCC1CCN(c2ccc(Br)cc2)C1. The lowest BCUT2D eigenvalue weighted by atomic mass is 10.1. The second-order valence-corrected chi connectivity index (χ2v) is 7.83. The Morgan fingerprint density at radius 2 is 1.96 bits per heavy atom. The van der Waals surface area contributed by atoms with Gasteiger partial charge in [-0.1, -0.05) is 15.9 Å². The van der Waals surface area contributed by atoms with Crippen molar-refractivity contribution in [2.75, 3.05) is 71.0 Å². The minimum atomic E-state index is 0.649. The van der Waals surface area contributed by atoms with Gasteiger partial charge in [0.15, 0.2) is 5.96 Å². The van der Waals surface area contributed by atoms with Gasteiger partial charge >= 0.3 is 0 Å². The number of nitrogens with zero attached hydrogens (tertiary/aromatic N) is 3. The van der Waals surface area contributed by atoms with Gasteiger partial charge in [0.1, 0.15) is 0 Å². The van der Waals surface area contributed by atoms with E-state index in [-0.39, 0.29) is 0 Å². The summed E-state index contributed by atoms with van der Waals surface area (Å²) in [6.45, 7) is 8.89. The van der Waals surface area contributed by atoms with Gasteiger partial charge in [0.05, 0.1) is 13.2 Å². The number of guanidine groups is 1. The molecule has 144 valence electrons. The quantitative estimate of drug-likeness (QED) is 0.539. The van der Waals surface area contributed by atoms with Crippen LogP contribution in [-0.2, 0) is 4.74 Å². The van der Waals surface area contributed by atoms with Crippen molar-refractivity contribution in [2.24, 2.45) is 10.9 Å². The summed E-state index contributed by atoms with van der Waals surface area (Å²) in [7, 11) is 1.84. The molecule has 0 amide bonds. The Kier molecular flexibility index (Phi) is 7.58. The molecule has 2 heterocycles. The number of anilines is 1. The van der Waals surface area contributed by atoms with Crippen molar-refractivity contribution in [2.45, 2.75) is 6.42 Å². The molecule has 0 saturated carbocycles. The third-order valence-electron chi connectivity index (χ3n) is 5.08. The van der Waals surface area contributed by atoms with Crippen molar-refractivity contribution in [3.05, 3.63) is 28.7 Å². The maximum atomic E-state index is 5.39. The van der Waals surface area contributed by atoms with Crippen molar-refractivity contribution in [3.63, 3.8) is 0 Å². The fourth-order valence-corrected chi connectivity index (χ4v) is 3.77.